The summed E-state index contributed by atoms with van der Waals surface area (Å²) in [5, 5.41) is 4.10. The van der Waals surface area contributed by atoms with E-state index in [1.165, 1.54) is 4.31 Å². The summed E-state index contributed by atoms with van der Waals surface area (Å²) in [5.41, 5.74) is 1.89. The van der Waals surface area contributed by atoms with Gasteiger partial charge in [-0.2, -0.15) is 0 Å². The van der Waals surface area contributed by atoms with Crippen molar-refractivity contribution in [1.29, 1.82) is 0 Å². The molecule has 1 N–H and O–H groups in total. The highest BCUT2D eigenvalue weighted by atomic mass is 35.5. The number of nitrogens with one attached hydrogen (secondary N) is 1. The summed E-state index contributed by atoms with van der Waals surface area (Å²) >= 11 is 18.2. The van der Waals surface area contributed by atoms with E-state index in [4.69, 9.17) is 34.8 Å². The number of sulfonamides is 1. The summed E-state index contributed by atoms with van der Waals surface area (Å²) in [6.07, 6.45) is 1.23. The lowest BCUT2D eigenvalue weighted by atomic mass is 9.98. The van der Waals surface area contributed by atoms with Gasteiger partial charge in [-0.25, -0.2) is 12.7 Å². The number of piperidine rings is 1. The Morgan fingerprint density at radius 1 is 1.17 bits per heavy atom. The van der Waals surface area contributed by atoms with Crippen molar-refractivity contribution >= 4 is 56.4 Å². The first-order valence-electron chi connectivity index (χ1n) is 9.15. The molecule has 0 aliphatic carbocycles. The first-order valence-corrected chi connectivity index (χ1v) is 11.9. The Morgan fingerprint density at radius 3 is 2.52 bits per heavy atom. The lowest BCUT2D eigenvalue weighted by Gasteiger charge is -2.31. The molecule has 2 aromatic carbocycles. The lowest BCUT2D eigenvalue weighted by molar-refractivity contribution is -0.120. The third-order valence-electron chi connectivity index (χ3n) is 4.98. The molecule has 1 heterocycles. The number of nitrogens with zero attached hydrogens (tertiary/aromatic N) is 1. The molecule has 2 aromatic rings. The maximum atomic E-state index is 12.9. The number of halogens is 3. The van der Waals surface area contributed by atoms with Crippen molar-refractivity contribution in [2.75, 3.05) is 18.4 Å². The molecule has 1 fully saturated rings. The van der Waals surface area contributed by atoms with Gasteiger partial charge in [0.25, 0.3) is 0 Å². The second-order valence-electron chi connectivity index (χ2n) is 7.10. The van der Waals surface area contributed by atoms with Crippen molar-refractivity contribution in [2.24, 2.45) is 5.92 Å². The molecule has 1 atom stereocenters. The number of aryl methyl sites for hydroxylation is 1. The van der Waals surface area contributed by atoms with Crippen molar-refractivity contribution in [1.82, 2.24) is 4.31 Å². The Hall–Kier alpha value is -1.31. The van der Waals surface area contributed by atoms with Crippen LogP contribution in [0.3, 0.4) is 0 Å². The largest absolute Gasteiger partial charge is 0.326 e. The Kier molecular flexibility index (Phi) is 7.12. The fourth-order valence-corrected chi connectivity index (χ4v) is 5.94. The molecule has 0 saturated carbocycles. The number of anilines is 1. The maximum Gasteiger partial charge on any atom is 0.228 e. The zero-order chi connectivity index (χ0) is 21.2. The molecule has 1 aliphatic rings. The normalized spacial score (nSPS) is 17.9. The van der Waals surface area contributed by atoms with Gasteiger partial charge in [0.2, 0.25) is 15.9 Å². The molecule has 29 heavy (non-hydrogen) atoms. The van der Waals surface area contributed by atoms with E-state index < -0.39 is 15.9 Å². The van der Waals surface area contributed by atoms with Gasteiger partial charge in [-0.15, -0.1) is 0 Å². The maximum absolute atomic E-state index is 12.9. The number of rotatable bonds is 5. The zero-order valence-electron chi connectivity index (χ0n) is 15.8. The van der Waals surface area contributed by atoms with Gasteiger partial charge in [0.15, 0.2) is 0 Å². The SMILES string of the molecule is Cc1cc(Cl)ccc1NC(=O)C1CCCN(S(=O)(=O)Cc2c(Cl)cccc2Cl)C1. The van der Waals surface area contributed by atoms with E-state index in [1.54, 1.807) is 36.4 Å². The Morgan fingerprint density at radius 2 is 1.86 bits per heavy atom. The molecular weight excluding hydrogens is 455 g/mol. The van der Waals surface area contributed by atoms with Crippen LogP contribution in [-0.2, 0) is 20.6 Å². The minimum Gasteiger partial charge on any atom is -0.326 e. The smallest absolute Gasteiger partial charge is 0.228 e. The number of carbonyl (C=O) groups is 1. The Balaban J connectivity index is 1.71. The zero-order valence-corrected chi connectivity index (χ0v) is 18.9. The topological polar surface area (TPSA) is 66.5 Å². The first-order chi connectivity index (χ1) is 13.7. The molecule has 1 saturated heterocycles. The average Bonchev–Trinajstić information content (AvgIpc) is 2.67. The Labute approximate surface area is 186 Å². The third kappa shape index (κ3) is 5.44. The number of hydrogen-bond acceptors (Lipinski definition) is 3. The highest BCUT2D eigenvalue weighted by Crippen LogP contribution is 2.29. The molecule has 0 spiro atoms. The second-order valence-corrected chi connectivity index (χ2v) is 10.3. The summed E-state index contributed by atoms with van der Waals surface area (Å²) in [4.78, 5) is 12.7. The first kappa shape index (κ1) is 22.4. The fraction of sp³-hybridized carbons (Fsp3) is 0.350. The van der Waals surface area contributed by atoms with Crippen LogP contribution in [0.5, 0.6) is 0 Å². The van der Waals surface area contributed by atoms with E-state index in [0.29, 0.717) is 45.7 Å². The summed E-state index contributed by atoms with van der Waals surface area (Å²) in [5.74, 6) is -0.933. The van der Waals surface area contributed by atoms with Crippen LogP contribution in [0.1, 0.15) is 24.0 Å². The van der Waals surface area contributed by atoms with Crippen molar-refractivity contribution in [3.8, 4) is 0 Å². The summed E-state index contributed by atoms with van der Waals surface area (Å²) < 4.78 is 27.2. The van der Waals surface area contributed by atoms with Gasteiger partial charge in [0.1, 0.15) is 0 Å². The molecule has 3 rings (SSSR count). The monoisotopic (exact) mass is 474 g/mol. The molecule has 0 radical (unpaired) electrons. The second kappa shape index (κ2) is 9.23. The molecule has 1 aliphatic heterocycles. The van der Waals surface area contributed by atoms with Gasteiger partial charge in [-0.05, 0) is 55.7 Å². The molecule has 5 nitrogen and oxygen atoms in total. The van der Waals surface area contributed by atoms with Crippen LogP contribution in [0.25, 0.3) is 0 Å². The van der Waals surface area contributed by atoms with Gasteiger partial charge in [0.05, 0.1) is 11.7 Å². The minimum atomic E-state index is -3.67. The van der Waals surface area contributed by atoms with E-state index in [2.05, 4.69) is 5.32 Å². The van der Waals surface area contributed by atoms with Crippen molar-refractivity contribution in [2.45, 2.75) is 25.5 Å². The van der Waals surface area contributed by atoms with Crippen LogP contribution in [-0.4, -0.2) is 31.7 Å². The van der Waals surface area contributed by atoms with Crippen LogP contribution in [0.15, 0.2) is 36.4 Å². The quantitative estimate of drug-likeness (QED) is 0.651. The van der Waals surface area contributed by atoms with Crippen molar-refractivity contribution in [3.63, 3.8) is 0 Å². The highest BCUT2D eigenvalue weighted by molar-refractivity contribution is 7.88. The van der Waals surface area contributed by atoms with Gasteiger partial charge in [0, 0.05) is 39.4 Å². The van der Waals surface area contributed by atoms with E-state index >= 15 is 0 Å². The summed E-state index contributed by atoms with van der Waals surface area (Å²) in [6, 6.07) is 10.1. The van der Waals surface area contributed by atoms with Crippen molar-refractivity contribution < 1.29 is 13.2 Å². The number of benzene rings is 2. The molecule has 9 heteroatoms. The van der Waals surface area contributed by atoms with Crippen LogP contribution in [0, 0.1) is 12.8 Å². The van der Waals surface area contributed by atoms with Crippen LogP contribution in [0.4, 0.5) is 5.69 Å². The Bertz CT molecular complexity index is 1010. The molecule has 0 aromatic heterocycles. The predicted octanol–water partition coefficient (Wildman–Crippen LogP) is 5.14. The summed E-state index contributed by atoms with van der Waals surface area (Å²) in [7, 11) is -3.67. The van der Waals surface area contributed by atoms with Crippen LogP contribution < -0.4 is 5.32 Å². The van der Waals surface area contributed by atoms with Gasteiger partial charge < -0.3 is 5.32 Å². The van der Waals surface area contributed by atoms with Crippen LogP contribution in [0.2, 0.25) is 15.1 Å². The summed E-state index contributed by atoms with van der Waals surface area (Å²) in [6.45, 7) is 2.35. The van der Waals surface area contributed by atoms with Crippen LogP contribution >= 0.6 is 34.8 Å². The minimum absolute atomic E-state index is 0.128. The van der Waals surface area contributed by atoms with Gasteiger partial charge >= 0.3 is 0 Å². The lowest BCUT2D eigenvalue weighted by Crippen LogP contribution is -2.44. The standard InChI is InChI=1S/C20H21Cl3N2O3S/c1-13-10-15(21)7-8-19(13)24-20(26)14-4-3-9-25(11-14)29(27,28)12-16-17(22)5-2-6-18(16)23/h2,5-8,10,14H,3-4,9,11-12H2,1H3,(H,24,26). The van der Waals surface area contributed by atoms with Gasteiger partial charge in [-0.3, -0.25) is 4.79 Å². The fourth-order valence-electron chi connectivity index (χ4n) is 3.36. The molecule has 0 bridgehead atoms. The average molecular weight is 476 g/mol. The number of hydrogen-bond donors (Lipinski definition) is 1. The van der Waals surface area contributed by atoms with E-state index in [0.717, 1.165) is 5.56 Å². The highest BCUT2D eigenvalue weighted by Gasteiger charge is 2.33. The molecule has 156 valence electrons. The van der Waals surface area contributed by atoms with Crippen molar-refractivity contribution in [3.05, 3.63) is 62.6 Å². The third-order valence-corrected chi connectivity index (χ3v) is 7.70. The van der Waals surface area contributed by atoms with Gasteiger partial charge in [-0.1, -0.05) is 40.9 Å². The number of amides is 1. The predicted molar refractivity (Wildman–Crippen MR) is 118 cm³/mol. The molecule has 1 unspecified atom stereocenters. The van der Waals surface area contributed by atoms with E-state index in [1.807, 2.05) is 6.92 Å². The van der Waals surface area contributed by atoms with E-state index in [-0.39, 0.29) is 18.2 Å². The molecule has 1 amide bonds. The molecular formula is C20H21Cl3N2O3S. The number of carbonyl (C=O) groups excluding carboxylic acids is 1. The van der Waals surface area contributed by atoms with E-state index in [9.17, 15) is 13.2 Å².